The largest absolute Gasteiger partial charge is 0.379 e. The SMILES string of the molecule is Cc1ccc(CN(CCN2CCOCC2)Cc2cccn2Cc2ccccc2)cc1. The van der Waals surface area contributed by atoms with Crippen LogP contribution in [0.2, 0.25) is 0 Å². The van der Waals surface area contributed by atoms with Crippen molar-refractivity contribution in [3.63, 3.8) is 0 Å². The van der Waals surface area contributed by atoms with Gasteiger partial charge in [-0.3, -0.25) is 9.80 Å². The molecule has 0 aliphatic carbocycles. The Balaban J connectivity index is 1.44. The molecule has 0 unspecified atom stereocenters. The van der Waals surface area contributed by atoms with E-state index in [9.17, 15) is 0 Å². The average molecular weight is 404 g/mol. The summed E-state index contributed by atoms with van der Waals surface area (Å²) in [6.45, 7) is 11.0. The lowest BCUT2D eigenvalue weighted by atomic mass is 10.1. The second-order valence-electron chi connectivity index (χ2n) is 8.26. The lowest BCUT2D eigenvalue weighted by Gasteiger charge is -2.30. The fourth-order valence-corrected chi connectivity index (χ4v) is 4.03. The van der Waals surface area contributed by atoms with Crippen LogP contribution in [-0.4, -0.2) is 53.8 Å². The third kappa shape index (κ3) is 6.05. The topological polar surface area (TPSA) is 20.6 Å². The van der Waals surface area contributed by atoms with E-state index in [1.807, 2.05) is 0 Å². The van der Waals surface area contributed by atoms with E-state index < -0.39 is 0 Å². The van der Waals surface area contributed by atoms with Crippen LogP contribution in [0.5, 0.6) is 0 Å². The van der Waals surface area contributed by atoms with E-state index in [0.29, 0.717) is 0 Å². The van der Waals surface area contributed by atoms with Gasteiger partial charge in [-0.25, -0.2) is 0 Å². The third-order valence-electron chi connectivity index (χ3n) is 5.87. The number of hydrogen-bond donors (Lipinski definition) is 0. The van der Waals surface area contributed by atoms with E-state index in [2.05, 4.69) is 94.2 Å². The van der Waals surface area contributed by atoms with Gasteiger partial charge < -0.3 is 9.30 Å². The maximum atomic E-state index is 5.51. The highest BCUT2D eigenvalue weighted by Crippen LogP contribution is 2.14. The fraction of sp³-hybridized carbons (Fsp3) is 0.385. The van der Waals surface area contributed by atoms with Gasteiger partial charge in [-0.05, 0) is 30.2 Å². The summed E-state index contributed by atoms with van der Waals surface area (Å²) >= 11 is 0. The van der Waals surface area contributed by atoms with Crippen LogP contribution < -0.4 is 0 Å². The normalized spacial score (nSPS) is 15.0. The second kappa shape index (κ2) is 10.6. The molecule has 0 N–H and O–H groups in total. The molecular weight excluding hydrogens is 370 g/mol. The van der Waals surface area contributed by atoms with E-state index in [0.717, 1.165) is 59.0 Å². The van der Waals surface area contributed by atoms with Crippen LogP contribution in [0.15, 0.2) is 72.9 Å². The monoisotopic (exact) mass is 403 g/mol. The Morgan fingerprint density at radius 2 is 1.60 bits per heavy atom. The molecule has 0 radical (unpaired) electrons. The molecule has 4 nitrogen and oxygen atoms in total. The minimum Gasteiger partial charge on any atom is -0.379 e. The molecule has 1 saturated heterocycles. The zero-order valence-corrected chi connectivity index (χ0v) is 18.0. The number of nitrogens with zero attached hydrogens (tertiary/aromatic N) is 3. The van der Waals surface area contributed by atoms with Crippen LogP contribution in [0.25, 0.3) is 0 Å². The Morgan fingerprint density at radius 1 is 0.833 bits per heavy atom. The van der Waals surface area contributed by atoms with Crippen molar-refractivity contribution in [1.29, 1.82) is 0 Å². The van der Waals surface area contributed by atoms with Crippen LogP contribution in [0.4, 0.5) is 0 Å². The second-order valence-corrected chi connectivity index (χ2v) is 8.26. The molecular formula is C26H33N3O. The van der Waals surface area contributed by atoms with E-state index in [1.54, 1.807) is 0 Å². The Morgan fingerprint density at radius 3 is 2.37 bits per heavy atom. The molecule has 30 heavy (non-hydrogen) atoms. The first-order valence-corrected chi connectivity index (χ1v) is 11.0. The molecule has 2 heterocycles. The van der Waals surface area contributed by atoms with Crippen LogP contribution >= 0.6 is 0 Å². The van der Waals surface area contributed by atoms with Crippen LogP contribution in [-0.2, 0) is 24.4 Å². The maximum absolute atomic E-state index is 5.51. The molecule has 0 bridgehead atoms. The van der Waals surface area contributed by atoms with Gasteiger partial charge in [0.1, 0.15) is 0 Å². The van der Waals surface area contributed by atoms with Gasteiger partial charge in [0.2, 0.25) is 0 Å². The quantitative estimate of drug-likeness (QED) is 0.535. The summed E-state index contributed by atoms with van der Waals surface area (Å²) < 4.78 is 7.89. The third-order valence-corrected chi connectivity index (χ3v) is 5.87. The fourth-order valence-electron chi connectivity index (χ4n) is 4.03. The van der Waals surface area contributed by atoms with Crippen LogP contribution in [0, 0.1) is 6.92 Å². The average Bonchev–Trinajstić information content (AvgIpc) is 3.21. The summed E-state index contributed by atoms with van der Waals surface area (Å²) in [5, 5.41) is 0. The standard InChI is InChI=1S/C26H33N3O/c1-23-9-11-25(12-10-23)20-28(15-14-27-16-18-30-19-17-27)22-26-8-5-13-29(26)21-24-6-3-2-4-7-24/h2-13H,14-22H2,1H3. The van der Waals surface area contributed by atoms with Gasteiger partial charge in [0, 0.05) is 57.7 Å². The van der Waals surface area contributed by atoms with Gasteiger partial charge in [-0.1, -0.05) is 60.2 Å². The predicted octanol–water partition coefficient (Wildman–Crippen LogP) is 4.18. The van der Waals surface area contributed by atoms with Gasteiger partial charge in [0.05, 0.1) is 13.2 Å². The number of benzene rings is 2. The lowest BCUT2D eigenvalue weighted by Crippen LogP contribution is -2.41. The van der Waals surface area contributed by atoms with Crippen molar-refractivity contribution in [1.82, 2.24) is 14.4 Å². The van der Waals surface area contributed by atoms with Crippen LogP contribution in [0.3, 0.4) is 0 Å². The summed E-state index contributed by atoms with van der Waals surface area (Å²) in [6, 6.07) is 24.1. The Bertz CT molecular complexity index is 882. The van der Waals surface area contributed by atoms with Crippen LogP contribution in [0.1, 0.15) is 22.4 Å². The van der Waals surface area contributed by atoms with E-state index in [4.69, 9.17) is 4.74 Å². The van der Waals surface area contributed by atoms with Gasteiger partial charge in [0.25, 0.3) is 0 Å². The van der Waals surface area contributed by atoms with Gasteiger partial charge in [0.15, 0.2) is 0 Å². The zero-order chi connectivity index (χ0) is 20.6. The van der Waals surface area contributed by atoms with Gasteiger partial charge in [-0.2, -0.15) is 0 Å². The molecule has 0 amide bonds. The minimum atomic E-state index is 0.859. The smallest absolute Gasteiger partial charge is 0.0594 e. The highest BCUT2D eigenvalue weighted by Gasteiger charge is 2.15. The summed E-state index contributed by atoms with van der Waals surface area (Å²) in [5.74, 6) is 0. The minimum absolute atomic E-state index is 0.859. The van der Waals surface area contributed by atoms with Crippen molar-refractivity contribution in [2.75, 3.05) is 39.4 Å². The Labute approximate surface area is 180 Å². The van der Waals surface area contributed by atoms with Crippen molar-refractivity contribution < 1.29 is 4.74 Å². The molecule has 1 aliphatic heterocycles. The first kappa shape index (κ1) is 20.9. The molecule has 158 valence electrons. The molecule has 1 aromatic heterocycles. The molecule has 1 aliphatic rings. The molecule has 1 fully saturated rings. The number of hydrogen-bond acceptors (Lipinski definition) is 3. The van der Waals surface area contributed by atoms with Crippen molar-refractivity contribution in [2.24, 2.45) is 0 Å². The predicted molar refractivity (Wildman–Crippen MR) is 123 cm³/mol. The number of ether oxygens (including phenoxy) is 1. The van der Waals surface area contributed by atoms with Gasteiger partial charge >= 0.3 is 0 Å². The highest BCUT2D eigenvalue weighted by atomic mass is 16.5. The number of aryl methyl sites for hydroxylation is 1. The summed E-state index contributed by atoms with van der Waals surface area (Å²) in [5.41, 5.74) is 5.40. The zero-order valence-electron chi connectivity index (χ0n) is 18.0. The molecule has 3 aromatic rings. The van der Waals surface area contributed by atoms with Crippen molar-refractivity contribution in [2.45, 2.75) is 26.6 Å². The molecule has 0 atom stereocenters. The lowest BCUT2D eigenvalue weighted by molar-refractivity contribution is 0.0324. The van der Waals surface area contributed by atoms with Crippen molar-refractivity contribution in [3.05, 3.63) is 95.3 Å². The first-order valence-electron chi connectivity index (χ1n) is 11.0. The van der Waals surface area contributed by atoms with Gasteiger partial charge in [-0.15, -0.1) is 0 Å². The first-order chi connectivity index (χ1) is 14.8. The summed E-state index contributed by atoms with van der Waals surface area (Å²) in [4.78, 5) is 5.10. The molecule has 4 heteroatoms. The molecule has 2 aromatic carbocycles. The Hall–Kier alpha value is -2.40. The van der Waals surface area contributed by atoms with E-state index in [1.165, 1.54) is 22.4 Å². The summed E-state index contributed by atoms with van der Waals surface area (Å²) in [7, 11) is 0. The van der Waals surface area contributed by atoms with E-state index in [-0.39, 0.29) is 0 Å². The highest BCUT2D eigenvalue weighted by molar-refractivity contribution is 5.22. The molecule has 0 saturated carbocycles. The summed E-state index contributed by atoms with van der Waals surface area (Å²) in [6.07, 6.45) is 2.20. The van der Waals surface area contributed by atoms with Crippen molar-refractivity contribution >= 4 is 0 Å². The number of morpholine rings is 1. The Kier molecular flexibility index (Phi) is 7.35. The van der Waals surface area contributed by atoms with E-state index >= 15 is 0 Å². The molecule has 0 spiro atoms. The molecule has 4 rings (SSSR count). The van der Waals surface area contributed by atoms with Crippen molar-refractivity contribution in [3.8, 4) is 0 Å². The maximum Gasteiger partial charge on any atom is 0.0594 e. The number of aromatic nitrogens is 1. The number of rotatable bonds is 9.